The Kier molecular flexibility index (Phi) is 9.48. The largest absolute Gasteiger partial charge is 0.338 e. The maximum Gasteiger partial charge on any atom is 0.271 e. The molecule has 1 saturated heterocycles. The number of allylic oxidation sites excluding steroid dienone is 4. The number of nitrogens with one attached hydrogen (secondary N) is 1. The molecule has 2 atom stereocenters. The highest BCUT2D eigenvalue weighted by Gasteiger charge is 2.28. The molecule has 1 fully saturated rings. The van der Waals surface area contributed by atoms with Gasteiger partial charge < -0.3 is 15.1 Å². The van der Waals surface area contributed by atoms with Gasteiger partial charge in [0.1, 0.15) is 5.70 Å². The molecule has 5 nitrogen and oxygen atoms in total. The molecule has 0 aliphatic carbocycles. The van der Waals surface area contributed by atoms with E-state index in [1.165, 1.54) is 0 Å². The molecule has 2 rings (SSSR count). The third-order valence-corrected chi connectivity index (χ3v) is 5.99. The number of anilines is 1. The minimum absolute atomic E-state index is 0.0114. The Morgan fingerprint density at radius 3 is 2.59 bits per heavy atom. The second kappa shape index (κ2) is 11.8. The zero-order valence-electron chi connectivity index (χ0n) is 19.7. The minimum Gasteiger partial charge on any atom is -0.338 e. The second-order valence-corrected chi connectivity index (χ2v) is 8.77. The van der Waals surface area contributed by atoms with Crippen molar-refractivity contribution in [3.63, 3.8) is 0 Å². The SMILES string of the molecule is C=C1CC/C(=C/C(=O)/C=C/[C@@H](C)N(C)C)C[C@@H](C)N1/C(=C\C)C(=O)Nc1ccccc1Cl. The first-order valence-corrected chi connectivity index (χ1v) is 11.3. The summed E-state index contributed by atoms with van der Waals surface area (Å²) in [5.74, 6) is -0.250. The maximum absolute atomic E-state index is 13.1. The summed E-state index contributed by atoms with van der Waals surface area (Å²) in [5, 5.41) is 3.38. The van der Waals surface area contributed by atoms with Crippen LogP contribution in [0.5, 0.6) is 0 Å². The summed E-state index contributed by atoms with van der Waals surface area (Å²) in [5.41, 5.74) is 3.01. The van der Waals surface area contributed by atoms with Crippen molar-refractivity contribution < 1.29 is 9.59 Å². The Labute approximate surface area is 197 Å². The van der Waals surface area contributed by atoms with Crippen molar-refractivity contribution in [2.24, 2.45) is 0 Å². The Hall–Kier alpha value is -2.63. The number of rotatable bonds is 7. The Balaban J connectivity index is 2.16. The molecule has 1 amide bonds. The first kappa shape index (κ1) is 25.6. The van der Waals surface area contributed by atoms with E-state index in [1.807, 2.05) is 62.9 Å². The zero-order chi connectivity index (χ0) is 23.8. The molecule has 1 heterocycles. The van der Waals surface area contributed by atoms with Crippen LogP contribution in [0.15, 0.2) is 72.1 Å². The van der Waals surface area contributed by atoms with Crippen molar-refractivity contribution in [2.45, 2.75) is 52.1 Å². The number of carbonyl (C=O) groups is 2. The fraction of sp³-hybridized carbons (Fsp3) is 0.385. The van der Waals surface area contributed by atoms with E-state index >= 15 is 0 Å². The fourth-order valence-corrected chi connectivity index (χ4v) is 3.82. The quantitative estimate of drug-likeness (QED) is 0.546. The Morgan fingerprint density at radius 1 is 1.28 bits per heavy atom. The molecule has 1 aliphatic rings. The predicted octanol–water partition coefficient (Wildman–Crippen LogP) is 5.57. The standard InChI is InChI=1S/C26H34ClN3O2/c1-7-25(26(32)28-24-11-9-8-10-23(24)27)30-19(3)12-14-21(16-20(30)4)17-22(31)15-13-18(2)29(5)6/h7-11,13,15,17-18,20H,3,12,14,16H2,1-2,4-6H3,(H,28,32)/b15-13+,21-17-,25-7-/t18-,20-/m1/s1. The van der Waals surface area contributed by atoms with Crippen molar-refractivity contribution in [1.29, 1.82) is 0 Å². The third-order valence-electron chi connectivity index (χ3n) is 5.66. The van der Waals surface area contributed by atoms with Gasteiger partial charge in [-0.05, 0) is 78.4 Å². The van der Waals surface area contributed by atoms with Gasteiger partial charge in [0.25, 0.3) is 5.91 Å². The van der Waals surface area contributed by atoms with Gasteiger partial charge in [-0.25, -0.2) is 0 Å². The summed E-state index contributed by atoms with van der Waals surface area (Å²) in [6, 6.07) is 7.32. The van der Waals surface area contributed by atoms with Crippen molar-refractivity contribution in [3.8, 4) is 0 Å². The lowest BCUT2D eigenvalue weighted by Gasteiger charge is -2.32. The van der Waals surface area contributed by atoms with Gasteiger partial charge in [-0.1, -0.05) is 48.0 Å². The van der Waals surface area contributed by atoms with Crippen molar-refractivity contribution in [3.05, 3.63) is 77.1 Å². The Morgan fingerprint density at radius 2 is 1.97 bits per heavy atom. The molecule has 32 heavy (non-hydrogen) atoms. The van der Waals surface area contributed by atoms with E-state index in [0.717, 1.165) is 17.7 Å². The topological polar surface area (TPSA) is 52.7 Å². The lowest BCUT2D eigenvalue weighted by atomic mass is 10.0. The van der Waals surface area contributed by atoms with Crippen LogP contribution in [-0.2, 0) is 9.59 Å². The lowest BCUT2D eigenvalue weighted by Crippen LogP contribution is -2.35. The average molecular weight is 456 g/mol. The van der Waals surface area contributed by atoms with Crippen LogP contribution in [0.25, 0.3) is 0 Å². The number of hydrogen-bond acceptors (Lipinski definition) is 4. The smallest absolute Gasteiger partial charge is 0.271 e. The summed E-state index contributed by atoms with van der Waals surface area (Å²) < 4.78 is 0. The molecule has 0 unspecified atom stereocenters. The van der Waals surface area contributed by atoms with Gasteiger partial charge in [-0.3, -0.25) is 9.59 Å². The number of nitrogens with zero attached hydrogens (tertiary/aromatic N) is 2. The Bertz CT molecular complexity index is 946. The highest BCUT2D eigenvalue weighted by atomic mass is 35.5. The molecule has 1 aliphatic heterocycles. The molecule has 172 valence electrons. The van der Waals surface area contributed by atoms with E-state index in [4.69, 9.17) is 11.6 Å². The summed E-state index contributed by atoms with van der Waals surface area (Å²) >= 11 is 6.20. The number of ketones is 1. The second-order valence-electron chi connectivity index (χ2n) is 8.37. The van der Waals surface area contributed by atoms with E-state index in [2.05, 4.69) is 11.9 Å². The van der Waals surface area contributed by atoms with Crippen LogP contribution in [0, 0.1) is 0 Å². The number of halogens is 1. The van der Waals surface area contributed by atoms with Crippen LogP contribution < -0.4 is 5.32 Å². The first-order valence-electron chi connectivity index (χ1n) is 10.9. The molecular formula is C26H34ClN3O2. The molecule has 0 aromatic heterocycles. The predicted molar refractivity (Wildman–Crippen MR) is 134 cm³/mol. The van der Waals surface area contributed by atoms with Crippen LogP contribution in [0.4, 0.5) is 5.69 Å². The minimum atomic E-state index is -0.238. The number of likely N-dealkylation sites (tertiary alicyclic amines) is 1. The van der Waals surface area contributed by atoms with Crippen molar-refractivity contribution in [1.82, 2.24) is 9.80 Å². The van der Waals surface area contributed by atoms with Gasteiger partial charge in [0, 0.05) is 17.8 Å². The summed E-state index contributed by atoms with van der Waals surface area (Å²) in [6.45, 7) is 10.1. The number of carbonyl (C=O) groups excluding carboxylic acids is 2. The molecule has 1 aromatic carbocycles. The van der Waals surface area contributed by atoms with Gasteiger partial charge in [0.2, 0.25) is 0 Å². The van der Waals surface area contributed by atoms with Crippen LogP contribution >= 0.6 is 11.6 Å². The monoisotopic (exact) mass is 455 g/mol. The van der Waals surface area contributed by atoms with Gasteiger partial charge in [-0.2, -0.15) is 0 Å². The number of hydrogen-bond donors (Lipinski definition) is 1. The molecule has 0 spiro atoms. The van der Waals surface area contributed by atoms with Crippen LogP contribution in [0.2, 0.25) is 5.02 Å². The van der Waals surface area contributed by atoms with Gasteiger partial charge in [-0.15, -0.1) is 0 Å². The molecule has 6 heteroatoms. The summed E-state index contributed by atoms with van der Waals surface area (Å²) in [6.07, 6.45) is 9.16. The van der Waals surface area contributed by atoms with Crippen LogP contribution in [0.1, 0.15) is 40.0 Å². The third kappa shape index (κ3) is 6.94. The van der Waals surface area contributed by atoms with E-state index in [-0.39, 0.29) is 23.8 Å². The average Bonchev–Trinajstić information content (AvgIpc) is 2.87. The summed E-state index contributed by atoms with van der Waals surface area (Å²) in [7, 11) is 3.96. The number of amides is 1. The molecular weight excluding hydrogens is 422 g/mol. The fourth-order valence-electron chi connectivity index (χ4n) is 3.63. The molecule has 0 bridgehead atoms. The first-order chi connectivity index (χ1) is 15.1. The highest BCUT2D eigenvalue weighted by Crippen LogP contribution is 2.31. The van der Waals surface area contributed by atoms with Gasteiger partial charge >= 0.3 is 0 Å². The number of para-hydroxylation sites is 1. The van der Waals surface area contributed by atoms with E-state index in [0.29, 0.717) is 29.2 Å². The maximum atomic E-state index is 13.1. The van der Waals surface area contributed by atoms with Gasteiger partial charge in [0.05, 0.1) is 10.7 Å². The normalized spacial score (nSPS) is 20.0. The number of likely N-dealkylation sites (N-methyl/N-ethyl adjacent to an activating group) is 1. The van der Waals surface area contributed by atoms with Crippen molar-refractivity contribution >= 4 is 29.0 Å². The van der Waals surface area contributed by atoms with E-state index < -0.39 is 0 Å². The van der Waals surface area contributed by atoms with E-state index in [9.17, 15) is 9.59 Å². The highest BCUT2D eigenvalue weighted by molar-refractivity contribution is 6.33. The van der Waals surface area contributed by atoms with Crippen molar-refractivity contribution in [2.75, 3.05) is 19.4 Å². The lowest BCUT2D eigenvalue weighted by molar-refractivity contribution is -0.114. The number of benzene rings is 1. The van der Waals surface area contributed by atoms with Crippen LogP contribution in [0.3, 0.4) is 0 Å². The molecule has 0 saturated carbocycles. The van der Waals surface area contributed by atoms with Gasteiger partial charge in [0.15, 0.2) is 5.78 Å². The molecule has 1 aromatic rings. The van der Waals surface area contributed by atoms with Crippen LogP contribution in [-0.4, -0.2) is 47.7 Å². The zero-order valence-corrected chi connectivity index (χ0v) is 20.4. The summed E-state index contributed by atoms with van der Waals surface area (Å²) in [4.78, 5) is 29.5. The molecule has 0 radical (unpaired) electrons. The molecule has 1 N–H and O–H groups in total. The van der Waals surface area contributed by atoms with E-state index in [1.54, 1.807) is 30.4 Å².